The number of ether oxygens (including phenoxy) is 2. The molecule has 0 unspecified atom stereocenters. The molecule has 26 heavy (non-hydrogen) atoms. The third-order valence-corrected chi connectivity index (χ3v) is 5.13. The lowest BCUT2D eigenvalue weighted by molar-refractivity contribution is 0.111. The maximum absolute atomic E-state index is 5.61. The molecule has 2 atom stereocenters. The molecule has 2 aliphatic heterocycles. The molecule has 8 heteroatoms. The Morgan fingerprint density at radius 3 is 1.50 bits per heavy atom. The SMILES string of the molecule is COc1ccccc1[C@H]1NC(=S)N2[C@@H](c3ccccc3OC)NC(=S)N12. The lowest BCUT2D eigenvalue weighted by Crippen LogP contribution is -2.36. The molecule has 134 valence electrons. The number of rotatable bonds is 4. The van der Waals surface area contributed by atoms with E-state index < -0.39 is 0 Å². The maximum Gasteiger partial charge on any atom is 0.192 e. The molecule has 0 radical (unpaired) electrons. The normalized spacial score (nSPS) is 21.3. The van der Waals surface area contributed by atoms with Gasteiger partial charge in [-0.05, 0) is 36.6 Å². The van der Waals surface area contributed by atoms with Crippen molar-refractivity contribution >= 4 is 34.7 Å². The summed E-state index contributed by atoms with van der Waals surface area (Å²) in [7, 11) is 3.31. The molecule has 0 saturated carbocycles. The first-order chi connectivity index (χ1) is 12.7. The van der Waals surface area contributed by atoms with Crippen LogP contribution in [0.25, 0.3) is 0 Å². The number of benzene rings is 2. The first-order valence-electron chi connectivity index (χ1n) is 8.11. The Morgan fingerprint density at radius 2 is 1.12 bits per heavy atom. The van der Waals surface area contributed by atoms with Gasteiger partial charge in [0.25, 0.3) is 0 Å². The fourth-order valence-corrected chi connectivity index (χ4v) is 3.98. The van der Waals surface area contributed by atoms with E-state index in [2.05, 4.69) is 10.6 Å². The van der Waals surface area contributed by atoms with Crippen LogP contribution in [0.5, 0.6) is 11.5 Å². The van der Waals surface area contributed by atoms with Crippen LogP contribution in [0.2, 0.25) is 0 Å². The summed E-state index contributed by atoms with van der Waals surface area (Å²) in [6.07, 6.45) is -0.475. The highest BCUT2D eigenvalue weighted by atomic mass is 32.1. The van der Waals surface area contributed by atoms with Gasteiger partial charge in [0, 0.05) is 11.1 Å². The van der Waals surface area contributed by atoms with Crippen LogP contribution in [0.15, 0.2) is 48.5 Å². The number of fused-ring (bicyclic) bond motifs is 1. The maximum atomic E-state index is 5.61. The van der Waals surface area contributed by atoms with Crippen molar-refractivity contribution < 1.29 is 9.47 Å². The van der Waals surface area contributed by atoms with Crippen molar-refractivity contribution in [3.05, 3.63) is 59.7 Å². The summed E-state index contributed by atoms with van der Waals surface area (Å²) in [5.41, 5.74) is 1.93. The molecular weight excluding hydrogens is 368 g/mol. The zero-order valence-electron chi connectivity index (χ0n) is 14.3. The Kier molecular flexibility index (Phi) is 4.29. The standard InChI is InChI=1S/C18H18N4O2S2/c1-23-13-9-5-3-7-11(13)15-19-17(25)22-16(20-18(26)21(15)22)12-8-4-6-10-14(12)24-2/h3-10,15-16H,1-2H3,(H,19,25)(H,20,26)/t15-,16-/m0/s1. The lowest BCUT2D eigenvalue weighted by atomic mass is 10.1. The minimum absolute atomic E-state index is 0.238. The summed E-state index contributed by atoms with van der Waals surface area (Å²) in [6.45, 7) is 0. The van der Waals surface area contributed by atoms with Crippen LogP contribution < -0.4 is 20.1 Å². The van der Waals surface area contributed by atoms with E-state index in [1.54, 1.807) is 14.2 Å². The minimum atomic E-state index is -0.238. The first kappa shape index (κ1) is 16.9. The van der Waals surface area contributed by atoms with Crippen molar-refractivity contribution in [3.63, 3.8) is 0 Å². The van der Waals surface area contributed by atoms with Gasteiger partial charge >= 0.3 is 0 Å². The van der Waals surface area contributed by atoms with Crippen molar-refractivity contribution in [2.45, 2.75) is 12.3 Å². The molecule has 4 rings (SSSR count). The number of hydrazine groups is 1. The highest BCUT2D eigenvalue weighted by Gasteiger charge is 2.48. The van der Waals surface area contributed by atoms with E-state index in [9.17, 15) is 0 Å². The van der Waals surface area contributed by atoms with Gasteiger partial charge in [0.05, 0.1) is 14.2 Å². The van der Waals surface area contributed by atoms with E-state index in [4.69, 9.17) is 33.9 Å². The summed E-state index contributed by atoms with van der Waals surface area (Å²) in [5, 5.41) is 11.8. The molecule has 0 bridgehead atoms. The molecule has 2 heterocycles. The van der Waals surface area contributed by atoms with E-state index in [0.717, 1.165) is 22.6 Å². The second-order valence-electron chi connectivity index (χ2n) is 5.88. The second-order valence-corrected chi connectivity index (χ2v) is 6.65. The number of hydrogen-bond donors (Lipinski definition) is 2. The van der Waals surface area contributed by atoms with Crippen LogP contribution in [0.1, 0.15) is 23.5 Å². The second kappa shape index (κ2) is 6.62. The average molecular weight is 387 g/mol. The van der Waals surface area contributed by atoms with Crippen LogP contribution >= 0.6 is 24.4 Å². The van der Waals surface area contributed by atoms with Crippen molar-refractivity contribution in [3.8, 4) is 11.5 Å². The molecule has 2 aliphatic rings. The van der Waals surface area contributed by atoms with Gasteiger partial charge in [-0.15, -0.1) is 0 Å². The molecule has 6 nitrogen and oxygen atoms in total. The Morgan fingerprint density at radius 1 is 0.731 bits per heavy atom. The molecule has 2 saturated heterocycles. The molecule has 0 aromatic heterocycles. The molecular formula is C18H18N4O2S2. The monoisotopic (exact) mass is 386 g/mol. The topological polar surface area (TPSA) is 49.0 Å². The minimum Gasteiger partial charge on any atom is -0.496 e. The Balaban J connectivity index is 1.74. The first-order valence-corrected chi connectivity index (χ1v) is 8.92. The van der Waals surface area contributed by atoms with E-state index in [0.29, 0.717) is 10.2 Å². The van der Waals surface area contributed by atoms with Crippen molar-refractivity contribution in [2.75, 3.05) is 14.2 Å². The van der Waals surface area contributed by atoms with Crippen LogP contribution in [-0.4, -0.2) is 34.5 Å². The quantitative estimate of drug-likeness (QED) is 0.778. The van der Waals surface area contributed by atoms with Crippen LogP contribution in [0, 0.1) is 0 Å². The van der Waals surface area contributed by atoms with Crippen LogP contribution in [-0.2, 0) is 0 Å². The molecule has 2 N–H and O–H groups in total. The predicted octanol–water partition coefficient (Wildman–Crippen LogP) is 2.70. The van der Waals surface area contributed by atoms with Gasteiger partial charge in [-0.3, -0.25) is 0 Å². The summed E-state index contributed by atoms with van der Waals surface area (Å²) < 4.78 is 11.0. The zero-order chi connectivity index (χ0) is 18.3. The summed E-state index contributed by atoms with van der Waals surface area (Å²) >= 11 is 11.2. The Hall–Kier alpha value is -2.58. The number of hydrogen-bond acceptors (Lipinski definition) is 4. The zero-order valence-corrected chi connectivity index (χ0v) is 15.9. The fourth-order valence-electron chi connectivity index (χ4n) is 3.37. The third-order valence-electron chi connectivity index (χ3n) is 4.52. The van der Waals surface area contributed by atoms with Crippen molar-refractivity contribution in [2.24, 2.45) is 0 Å². The highest BCUT2D eigenvalue weighted by Crippen LogP contribution is 2.41. The molecule has 0 aliphatic carbocycles. The van der Waals surface area contributed by atoms with Gasteiger partial charge in [0.15, 0.2) is 22.6 Å². The van der Waals surface area contributed by atoms with Gasteiger partial charge in [0.1, 0.15) is 11.5 Å². The fraction of sp³-hybridized carbons (Fsp3) is 0.222. The smallest absolute Gasteiger partial charge is 0.192 e. The predicted molar refractivity (Wildman–Crippen MR) is 107 cm³/mol. The summed E-state index contributed by atoms with van der Waals surface area (Å²) in [5.74, 6) is 1.55. The van der Waals surface area contributed by atoms with Gasteiger partial charge in [-0.25, -0.2) is 10.0 Å². The number of methoxy groups -OCH3 is 2. The van der Waals surface area contributed by atoms with E-state index >= 15 is 0 Å². The van der Waals surface area contributed by atoms with Crippen LogP contribution in [0.4, 0.5) is 0 Å². The molecule has 2 fully saturated rings. The Bertz CT molecular complexity index is 804. The number of nitrogens with zero attached hydrogens (tertiary/aromatic N) is 2. The molecule has 0 spiro atoms. The number of thiocarbonyl (C=S) groups is 2. The van der Waals surface area contributed by atoms with Gasteiger partial charge in [0.2, 0.25) is 0 Å². The van der Waals surface area contributed by atoms with Gasteiger partial charge in [-0.1, -0.05) is 36.4 Å². The van der Waals surface area contributed by atoms with Gasteiger partial charge in [-0.2, -0.15) is 0 Å². The third kappa shape index (κ3) is 2.53. The molecule has 2 aromatic carbocycles. The summed E-state index contributed by atoms with van der Waals surface area (Å²) in [6, 6.07) is 15.7. The highest BCUT2D eigenvalue weighted by molar-refractivity contribution is 7.80. The van der Waals surface area contributed by atoms with E-state index in [1.165, 1.54) is 0 Å². The summed E-state index contributed by atoms with van der Waals surface area (Å²) in [4.78, 5) is 0. The van der Waals surface area contributed by atoms with E-state index in [-0.39, 0.29) is 12.3 Å². The Labute approximate surface area is 162 Å². The lowest BCUT2D eigenvalue weighted by Gasteiger charge is -2.27. The number of para-hydroxylation sites is 2. The van der Waals surface area contributed by atoms with Crippen molar-refractivity contribution in [1.82, 2.24) is 20.7 Å². The number of nitrogens with one attached hydrogen (secondary N) is 2. The van der Waals surface area contributed by atoms with Crippen molar-refractivity contribution in [1.29, 1.82) is 0 Å². The van der Waals surface area contributed by atoms with E-state index in [1.807, 2.05) is 58.5 Å². The largest absolute Gasteiger partial charge is 0.496 e. The molecule has 2 aromatic rings. The van der Waals surface area contributed by atoms with Crippen LogP contribution in [0.3, 0.4) is 0 Å². The molecule has 0 amide bonds. The van der Waals surface area contributed by atoms with Gasteiger partial charge < -0.3 is 20.1 Å². The average Bonchev–Trinajstić information content (AvgIpc) is 3.20.